The second-order valence-corrected chi connectivity index (χ2v) is 5.41. The minimum Gasteiger partial charge on any atom is -0.356 e. The largest absolute Gasteiger partial charge is 0.356 e. The van der Waals surface area contributed by atoms with E-state index in [4.69, 9.17) is 5.73 Å². The number of carbonyl (C=O) groups excluding carboxylic acids is 1. The van der Waals surface area contributed by atoms with Crippen molar-refractivity contribution in [2.75, 3.05) is 6.54 Å². The van der Waals surface area contributed by atoms with E-state index in [1.807, 2.05) is 13.8 Å². The smallest absolute Gasteiger partial charge is 0.224 e. The molecule has 0 heterocycles. The Hall–Kier alpha value is -0.570. The summed E-state index contributed by atoms with van der Waals surface area (Å²) in [5.41, 5.74) is 5.69. The first-order chi connectivity index (χ1) is 8.59. The highest BCUT2D eigenvalue weighted by Crippen LogP contribution is 2.08. The van der Waals surface area contributed by atoms with Gasteiger partial charge >= 0.3 is 0 Å². The van der Waals surface area contributed by atoms with Crippen LogP contribution < -0.4 is 11.1 Å². The molecule has 0 aliphatic carbocycles. The molecule has 0 saturated heterocycles. The number of nitrogens with one attached hydrogen (secondary N) is 1. The lowest BCUT2D eigenvalue weighted by molar-refractivity contribution is -0.124. The van der Waals surface area contributed by atoms with E-state index in [0.717, 1.165) is 13.0 Å². The summed E-state index contributed by atoms with van der Waals surface area (Å²) in [5, 5.41) is 2.96. The number of rotatable bonds is 11. The summed E-state index contributed by atoms with van der Waals surface area (Å²) in [4.78, 5) is 11.6. The number of unbranched alkanes of at least 4 members (excludes halogenated alkanes) is 7. The van der Waals surface area contributed by atoms with Gasteiger partial charge in [0.2, 0.25) is 5.91 Å². The topological polar surface area (TPSA) is 55.1 Å². The lowest BCUT2D eigenvalue weighted by atomic mass is 10.0. The molecule has 0 saturated carbocycles. The molecule has 0 bridgehead atoms. The van der Waals surface area contributed by atoms with Gasteiger partial charge < -0.3 is 11.1 Å². The first kappa shape index (κ1) is 17.4. The highest BCUT2D eigenvalue weighted by molar-refractivity contribution is 5.78. The molecular formula is C15H32N2O. The Morgan fingerprint density at radius 2 is 1.50 bits per heavy atom. The lowest BCUT2D eigenvalue weighted by Gasteiger charge is -2.15. The first-order valence-electron chi connectivity index (χ1n) is 7.62. The third-order valence-corrected chi connectivity index (χ3v) is 3.53. The molecule has 0 aromatic rings. The molecule has 3 N–H and O–H groups in total. The maximum atomic E-state index is 11.6. The van der Waals surface area contributed by atoms with Crippen molar-refractivity contribution in [1.82, 2.24) is 5.32 Å². The Morgan fingerprint density at radius 3 is 2.00 bits per heavy atom. The van der Waals surface area contributed by atoms with E-state index in [1.165, 1.54) is 44.9 Å². The van der Waals surface area contributed by atoms with Crippen LogP contribution in [-0.2, 0) is 4.79 Å². The Bertz CT molecular complexity index is 205. The number of hydrogen-bond acceptors (Lipinski definition) is 2. The van der Waals surface area contributed by atoms with E-state index >= 15 is 0 Å². The van der Waals surface area contributed by atoms with E-state index in [1.54, 1.807) is 0 Å². The van der Waals surface area contributed by atoms with Gasteiger partial charge in [0, 0.05) is 18.5 Å². The van der Waals surface area contributed by atoms with Crippen LogP contribution in [0.3, 0.4) is 0 Å². The second kappa shape index (κ2) is 11.5. The van der Waals surface area contributed by atoms with Crippen LogP contribution in [0.2, 0.25) is 0 Å². The van der Waals surface area contributed by atoms with E-state index < -0.39 is 0 Å². The Balaban J connectivity index is 3.27. The molecule has 108 valence electrons. The van der Waals surface area contributed by atoms with E-state index in [0.29, 0.717) is 0 Å². The molecule has 0 rings (SSSR count). The van der Waals surface area contributed by atoms with Crippen LogP contribution in [0.5, 0.6) is 0 Å². The van der Waals surface area contributed by atoms with Crippen LogP contribution in [0.25, 0.3) is 0 Å². The number of hydrogen-bond donors (Lipinski definition) is 2. The molecule has 1 amide bonds. The fourth-order valence-corrected chi connectivity index (χ4v) is 1.87. The van der Waals surface area contributed by atoms with E-state index in [9.17, 15) is 4.79 Å². The quantitative estimate of drug-likeness (QED) is 0.558. The van der Waals surface area contributed by atoms with Crippen molar-refractivity contribution in [3.05, 3.63) is 0 Å². The summed E-state index contributed by atoms with van der Waals surface area (Å²) in [7, 11) is 0. The molecule has 0 aliphatic rings. The Morgan fingerprint density at radius 1 is 1.00 bits per heavy atom. The van der Waals surface area contributed by atoms with Gasteiger partial charge in [-0.3, -0.25) is 4.79 Å². The SMILES string of the molecule is CCCCCCCCCCNC(=O)C(C)C(C)N. The van der Waals surface area contributed by atoms with Crippen molar-refractivity contribution >= 4 is 5.91 Å². The summed E-state index contributed by atoms with van der Waals surface area (Å²) in [5.74, 6) is 0.00647. The van der Waals surface area contributed by atoms with Gasteiger partial charge in [0.1, 0.15) is 0 Å². The van der Waals surface area contributed by atoms with Crippen molar-refractivity contribution in [1.29, 1.82) is 0 Å². The Labute approximate surface area is 113 Å². The molecule has 18 heavy (non-hydrogen) atoms. The van der Waals surface area contributed by atoms with Gasteiger partial charge in [-0.2, -0.15) is 0 Å². The van der Waals surface area contributed by atoms with Crippen LogP contribution in [0.1, 0.15) is 72.1 Å². The molecular weight excluding hydrogens is 224 g/mol. The molecule has 0 radical (unpaired) electrons. The van der Waals surface area contributed by atoms with Crippen LogP contribution in [0, 0.1) is 5.92 Å². The third-order valence-electron chi connectivity index (χ3n) is 3.53. The maximum absolute atomic E-state index is 11.6. The van der Waals surface area contributed by atoms with Crippen LogP contribution in [0.15, 0.2) is 0 Å². The van der Waals surface area contributed by atoms with Crippen molar-refractivity contribution in [3.63, 3.8) is 0 Å². The second-order valence-electron chi connectivity index (χ2n) is 5.41. The van der Waals surface area contributed by atoms with Gasteiger partial charge in [-0.1, -0.05) is 58.8 Å². The normalized spacial score (nSPS) is 14.2. The fourth-order valence-electron chi connectivity index (χ4n) is 1.87. The number of nitrogens with two attached hydrogens (primary N) is 1. The highest BCUT2D eigenvalue weighted by atomic mass is 16.1. The molecule has 3 heteroatoms. The van der Waals surface area contributed by atoms with Crippen molar-refractivity contribution in [2.45, 2.75) is 78.2 Å². The summed E-state index contributed by atoms with van der Waals surface area (Å²) in [6.07, 6.45) is 10.4. The molecule has 0 fully saturated rings. The van der Waals surface area contributed by atoms with Crippen molar-refractivity contribution in [2.24, 2.45) is 11.7 Å². The Kier molecular flexibility index (Phi) is 11.2. The van der Waals surface area contributed by atoms with Gasteiger partial charge in [-0.25, -0.2) is 0 Å². The average Bonchev–Trinajstić information content (AvgIpc) is 2.35. The molecule has 0 spiro atoms. The molecule has 2 unspecified atom stereocenters. The predicted molar refractivity (Wildman–Crippen MR) is 78.4 cm³/mol. The van der Waals surface area contributed by atoms with Gasteiger partial charge in [0.15, 0.2) is 0 Å². The number of amides is 1. The average molecular weight is 256 g/mol. The zero-order valence-corrected chi connectivity index (χ0v) is 12.5. The molecule has 2 atom stereocenters. The van der Waals surface area contributed by atoms with Crippen LogP contribution >= 0.6 is 0 Å². The molecule has 3 nitrogen and oxygen atoms in total. The van der Waals surface area contributed by atoms with E-state index in [2.05, 4.69) is 12.2 Å². The fraction of sp³-hybridized carbons (Fsp3) is 0.933. The van der Waals surface area contributed by atoms with Crippen molar-refractivity contribution in [3.8, 4) is 0 Å². The minimum atomic E-state index is -0.0842. The summed E-state index contributed by atoms with van der Waals surface area (Å²) < 4.78 is 0. The summed E-state index contributed by atoms with van der Waals surface area (Å²) >= 11 is 0. The zero-order valence-electron chi connectivity index (χ0n) is 12.5. The van der Waals surface area contributed by atoms with Gasteiger partial charge in [-0.05, 0) is 13.3 Å². The molecule has 0 aliphatic heterocycles. The molecule has 0 aromatic heterocycles. The zero-order chi connectivity index (χ0) is 13.8. The summed E-state index contributed by atoms with van der Waals surface area (Å²) in [6.45, 7) is 6.80. The van der Waals surface area contributed by atoms with Gasteiger partial charge in [-0.15, -0.1) is 0 Å². The highest BCUT2D eigenvalue weighted by Gasteiger charge is 2.15. The minimum absolute atomic E-state index is 0.0661. The lowest BCUT2D eigenvalue weighted by Crippen LogP contribution is -2.38. The van der Waals surface area contributed by atoms with Crippen LogP contribution in [0.4, 0.5) is 0 Å². The maximum Gasteiger partial charge on any atom is 0.224 e. The first-order valence-corrected chi connectivity index (χ1v) is 7.62. The summed E-state index contributed by atoms with van der Waals surface area (Å²) in [6, 6.07) is -0.0661. The van der Waals surface area contributed by atoms with Crippen LogP contribution in [-0.4, -0.2) is 18.5 Å². The van der Waals surface area contributed by atoms with Gasteiger partial charge in [0.05, 0.1) is 0 Å². The molecule has 0 aromatic carbocycles. The van der Waals surface area contributed by atoms with Gasteiger partial charge in [0.25, 0.3) is 0 Å². The predicted octanol–water partition coefficient (Wildman–Crippen LogP) is 3.23. The number of carbonyl (C=O) groups is 1. The standard InChI is InChI=1S/C15H32N2O/c1-4-5-6-7-8-9-10-11-12-17-15(18)13(2)14(3)16/h13-14H,4-12,16H2,1-3H3,(H,17,18). The monoisotopic (exact) mass is 256 g/mol. The third kappa shape index (κ3) is 9.46. The van der Waals surface area contributed by atoms with E-state index in [-0.39, 0.29) is 17.9 Å². The van der Waals surface area contributed by atoms with Crippen molar-refractivity contribution < 1.29 is 4.79 Å².